The molecular weight excluding hydrogens is 394 g/mol. The van der Waals surface area contributed by atoms with Gasteiger partial charge in [-0.25, -0.2) is 0 Å². The van der Waals surface area contributed by atoms with Crippen molar-refractivity contribution in [2.45, 2.75) is 33.1 Å². The number of hydrogen-bond acceptors (Lipinski definition) is 5. The molecule has 0 spiro atoms. The Balaban J connectivity index is 2.22. The van der Waals surface area contributed by atoms with E-state index < -0.39 is 0 Å². The van der Waals surface area contributed by atoms with E-state index in [-0.39, 0.29) is 16.9 Å². The number of thioether (sulfide) groups is 1. The number of benzene rings is 1. The van der Waals surface area contributed by atoms with Gasteiger partial charge in [0.1, 0.15) is 0 Å². The van der Waals surface area contributed by atoms with Gasteiger partial charge in [-0.15, -0.1) is 0 Å². The molecule has 1 aliphatic heterocycles. The van der Waals surface area contributed by atoms with Crippen LogP contribution in [0.5, 0.6) is 11.5 Å². The normalized spacial score (nSPS) is 16.3. The number of carbonyl (C=O) groups is 2. The minimum Gasteiger partial charge on any atom is -0.503 e. The lowest BCUT2D eigenvalue weighted by atomic mass is 10.2. The molecule has 1 aliphatic rings. The predicted molar refractivity (Wildman–Crippen MR) is 99.2 cm³/mol. The molecular formula is C17H20BrNO4S. The lowest BCUT2D eigenvalue weighted by Gasteiger charge is -2.11. The van der Waals surface area contributed by atoms with E-state index in [1.807, 2.05) is 6.92 Å². The maximum absolute atomic E-state index is 12.4. The van der Waals surface area contributed by atoms with Crippen LogP contribution in [0.3, 0.4) is 0 Å². The second kappa shape index (κ2) is 8.58. The SMILES string of the molecule is CCCCCN1C(=O)S/C(=C\c2cc(Br)c(O)c(OCC)c2)C1=O. The molecule has 0 bridgehead atoms. The van der Waals surface area contributed by atoms with Gasteiger partial charge in [-0.2, -0.15) is 0 Å². The van der Waals surface area contributed by atoms with E-state index in [2.05, 4.69) is 22.9 Å². The fourth-order valence-electron chi connectivity index (χ4n) is 2.31. The second-order valence-corrected chi connectivity index (χ2v) is 7.17. The van der Waals surface area contributed by atoms with E-state index in [0.717, 1.165) is 31.0 Å². The summed E-state index contributed by atoms with van der Waals surface area (Å²) in [5.74, 6) is 0.0882. The Kier molecular flexibility index (Phi) is 6.74. The van der Waals surface area contributed by atoms with Crippen LogP contribution in [0.4, 0.5) is 4.79 Å². The highest BCUT2D eigenvalue weighted by molar-refractivity contribution is 9.10. The number of unbranched alkanes of at least 4 members (excludes halogenated alkanes) is 2. The first-order valence-corrected chi connectivity index (χ1v) is 9.49. The van der Waals surface area contributed by atoms with Crippen LogP contribution >= 0.6 is 27.7 Å². The van der Waals surface area contributed by atoms with Gasteiger partial charge in [-0.3, -0.25) is 14.5 Å². The van der Waals surface area contributed by atoms with Crippen molar-refractivity contribution in [2.75, 3.05) is 13.2 Å². The smallest absolute Gasteiger partial charge is 0.293 e. The van der Waals surface area contributed by atoms with Gasteiger partial charge in [0.05, 0.1) is 16.0 Å². The molecule has 0 aliphatic carbocycles. The molecule has 1 N–H and O–H groups in total. The highest BCUT2D eigenvalue weighted by Gasteiger charge is 2.34. The number of ether oxygens (including phenoxy) is 1. The summed E-state index contributed by atoms with van der Waals surface area (Å²) in [5, 5.41) is 9.71. The summed E-state index contributed by atoms with van der Waals surface area (Å²) < 4.78 is 5.85. The van der Waals surface area contributed by atoms with Crippen LogP contribution in [0, 0.1) is 0 Å². The predicted octanol–water partition coefficient (Wildman–Crippen LogP) is 4.78. The van der Waals surface area contributed by atoms with E-state index in [1.165, 1.54) is 4.90 Å². The van der Waals surface area contributed by atoms with Crippen molar-refractivity contribution in [3.8, 4) is 11.5 Å². The van der Waals surface area contributed by atoms with E-state index in [1.54, 1.807) is 18.2 Å². The van der Waals surface area contributed by atoms with Gasteiger partial charge >= 0.3 is 0 Å². The van der Waals surface area contributed by atoms with Crippen molar-refractivity contribution in [1.29, 1.82) is 0 Å². The number of rotatable bonds is 7. The molecule has 24 heavy (non-hydrogen) atoms. The molecule has 1 aromatic carbocycles. The number of nitrogens with zero attached hydrogens (tertiary/aromatic N) is 1. The molecule has 2 rings (SSSR count). The van der Waals surface area contributed by atoms with Gasteiger partial charge in [-0.1, -0.05) is 19.8 Å². The number of carbonyl (C=O) groups excluding carboxylic acids is 2. The number of phenolic OH excluding ortho intramolecular Hbond substituents is 1. The zero-order valence-electron chi connectivity index (χ0n) is 13.7. The highest BCUT2D eigenvalue weighted by atomic mass is 79.9. The quantitative estimate of drug-likeness (QED) is 0.514. The molecule has 130 valence electrons. The Bertz CT molecular complexity index is 675. The molecule has 0 aromatic heterocycles. The molecule has 0 unspecified atom stereocenters. The number of aromatic hydroxyl groups is 1. The van der Waals surface area contributed by atoms with Crippen LogP contribution in [0.1, 0.15) is 38.7 Å². The van der Waals surface area contributed by atoms with Crippen LogP contribution in [-0.2, 0) is 4.79 Å². The molecule has 1 aromatic rings. The summed E-state index contributed by atoms with van der Waals surface area (Å²) in [4.78, 5) is 26.1. The number of imide groups is 1. The van der Waals surface area contributed by atoms with Crippen molar-refractivity contribution in [3.63, 3.8) is 0 Å². The Hall–Kier alpha value is -1.47. The van der Waals surface area contributed by atoms with Crippen LogP contribution in [-0.4, -0.2) is 34.3 Å². The maximum atomic E-state index is 12.4. The van der Waals surface area contributed by atoms with E-state index in [4.69, 9.17) is 4.74 Å². The molecule has 0 saturated carbocycles. The number of amides is 2. The van der Waals surface area contributed by atoms with Crippen LogP contribution in [0.2, 0.25) is 0 Å². The fraction of sp³-hybridized carbons (Fsp3) is 0.412. The zero-order valence-corrected chi connectivity index (χ0v) is 16.1. The molecule has 0 atom stereocenters. The summed E-state index contributed by atoms with van der Waals surface area (Å²) in [7, 11) is 0. The topological polar surface area (TPSA) is 66.8 Å². The van der Waals surface area contributed by atoms with E-state index >= 15 is 0 Å². The summed E-state index contributed by atoms with van der Waals surface area (Å²) in [6, 6.07) is 3.33. The Morgan fingerprint density at radius 2 is 2.04 bits per heavy atom. The van der Waals surface area contributed by atoms with Gasteiger partial charge in [0.15, 0.2) is 11.5 Å². The third-order valence-electron chi connectivity index (χ3n) is 3.51. The monoisotopic (exact) mass is 413 g/mol. The molecule has 0 radical (unpaired) electrons. The van der Waals surface area contributed by atoms with Crippen molar-refractivity contribution in [1.82, 2.24) is 4.90 Å². The average Bonchev–Trinajstić information content (AvgIpc) is 2.80. The lowest BCUT2D eigenvalue weighted by Crippen LogP contribution is -2.29. The summed E-state index contributed by atoms with van der Waals surface area (Å²) in [5.41, 5.74) is 0.683. The molecule has 1 fully saturated rings. The molecule has 1 saturated heterocycles. The van der Waals surface area contributed by atoms with Crippen molar-refractivity contribution >= 4 is 44.9 Å². The fourth-order valence-corrected chi connectivity index (χ4v) is 3.63. The molecule has 5 nitrogen and oxygen atoms in total. The summed E-state index contributed by atoms with van der Waals surface area (Å²) in [6.45, 7) is 4.77. The third-order valence-corrected chi connectivity index (χ3v) is 5.02. The van der Waals surface area contributed by atoms with Gasteiger partial charge in [0, 0.05) is 6.54 Å². The molecule has 1 heterocycles. The Labute approximate surface area is 154 Å². The first-order chi connectivity index (χ1) is 11.5. The minimum atomic E-state index is -0.261. The van der Waals surface area contributed by atoms with Gasteiger partial charge in [0.25, 0.3) is 11.1 Å². The third kappa shape index (κ3) is 4.33. The van der Waals surface area contributed by atoms with Gasteiger partial charge < -0.3 is 9.84 Å². The lowest BCUT2D eigenvalue weighted by molar-refractivity contribution is -0.122. The van der Waals surface area contributed by atoms with Gasteiger partial charge in [-0.05, 0) is 64.8 Å². The minimum absolute atomic E-state index is 0.0154. The Morgan fingerprint density at radius 3 is 2.71 bits per heavy atom. The van der Waals surface area contributed by atoms with E-state index in [9.17, 15) is 14.7 Å². The summed E-state index contributed by atoms with van der Waals surface area (Å²) in [6.07, 6.45) is 4.50. The zero-order chi connectivity index (χ0) is 17.7. The average molecular weight is 414 g/mol. The van der Waals surface area contributed by atoms with Crippen LogP contribution < -0.4 is 4.74 Å². The van der Waals surface area contributed by atoms with E-state index in [0.29, 0.717) is 33.8 Å². The largest absolute Gasteiger partial charge is 0.503 e. The van der Waals surface area contributed by atoms with Crippen molar-refractivity contribution in [3.05, 3.63) is 27.1 Å². The van der Waals surface area contributed by atoms with Crippen LogP contribution in [0.15, 0.2) is 21.5 Å². The number of halogens is 1. The van der Waals surface area contributed by atoms with Crippen molar-refractivity contribution in [2.24, 2.45) is 0 Å². The number of phenols is 1. The van der Waals surface area contributed by atoms with Crippen LogP contribution in [0.25, 0.3) is 6.08 Å². The Morgan fingerprint density at radius 1 is 1.29 bits per heavy atom. The standard InChI is InChI=1S/C17H20BrNO4S/c1-3-5-6-7-19-16(21)14(24-17(19)22)10-11-8-12(18)15(20)13(9-11)23-4-2/h8-10,20H,3-7H2,1-2H3/b14-10-. The first-order valence-electron chi connectivity index (χ1n) is 7.88. The first kappa shape index (κ1) is 18.9. The maximum Gasteiger partial charge on any atom is 0.293 e. The van der Waals surface area contributed by atoms with Crippen molar-refractivity contribution < 1.29 is 19.4 Å². The summed E-state index contributed by atoms with van der Waals surface area (Å²) >= 11 is 4.21. The highest BCUT2D eigenvalue weighted by Crippen LogP contribution is 2.38. The molecule has 2 amide bonds. The van der Waals surface area contributed by atoms with Gasteiger partial charge in [0.2, 0.25) is 0 Å². The second-order valence-electron chi connectivity index (χ2n) is 5.32. The number of hydrogen-bond donors (Lipinski definition) is 1. The molecule has 7 heteroatoms.